The van der Waals surface area contributed by atoms with Gasteiger partial charge >= 0.3 is 0 Å². The van der Waals surface area contributed by atoms with E-state index in [-0.39, 0.29) is 0 Å². The molecule has 0 saturated carbocycles. The molecule has 0 aromatic rings. The fraction of sp³-hybridized carbons (Fsp3) is 1.00. The molecule has 0 saturated heterocycles. The lowest BCUT2D eigenvalue weighted by Gasteiger charge is -2.39. The highest BCUT2D eigenvalue weighted by Gasteiger charge is 2.34. The minimum atomic E-state index is 0.416. The first-order chi connectivity index (χ1) is 14.2. The monoisotopic (exact) mass is 410 g/mol. The molecule has 0 amide bonds. The molecule has 0 aromatic carbocycles. The van der Waals surface area contributed by atoms with Gasteiger partial charge in [-0.2, -0.15) is 0 Å². The average Bonchev–Trinajstić information content (AvgIpc) is 2.73. The SMILES string of the molecule is CCCCCCCCCC(CC)(CCCCCCCC)C(C)OCCCCCC. The van der Waals surface area contributed by atoms with E-state index in [4.69, 9.17) is 4.74 Å². The van der Waals surface area contributed by atoms with Gasteiger partial charge < -0.3 is 4.74 Å². The van der Waals surface area contributed by atoms with Crippen molar-refractivity contribution in [3.63, 3.8) is 0 Å². The molecule has 0 aliphatic carbocycles. The first-order valence-electron chi connectivity index (χ1n) is 13.8. The number of ether oxygens (including phenoxy) is 1. The van der Waals surface area contributed by atoms with Crippen LogP contribution in [0, 0.1) is 5.41 Å². The first-order valence-corrected chi connectivity index (χ1v) is 13.8. The van der Waals surface area contributed by atoms with Crippen LogP contribution < -0.4 is 0 Å². The van der Waals surface area contributed by atoms with Crippen molar-refractivity contribution in [2.45, 2.75) is 169 Å². The topological polar surface area (TPSA) is 9.23 Å². The van der Waals surface area contributed by atoms with Crippen molar-refractivity contribution in [1.29, 1.82) is 0 Å². The van der Waals surface area contributed by atoms with Gasteiger partial charge in [-0.25, -0.2) is 0 Å². The predicted octanol–water partition coefficient (Wildman–Crippen LogP) is 10.3. The molecule has 0 aromatic heterocycles. The fourth-order valence-electron chi connectivity index (χ4n) is 4.83. The van der Waals surface area contributed by atoms with Gasteiger partial charge in [-0.3, -0.25) is 0 Å². The zero-order valence-corrected chi connectivity index (χ0v) is 21.3. The molecule has 0 aliphatic heterocycles. The molecule has 176 valence electrons. The molecule has 0 fully saturated rings. The van der Waals surface area contributed by atoms with Gasteiger partial charge in [0.15, 0.2) is 0 Å². The summed E-state index contributed by atoms with van der Waals surface area (Å²) in [7, 11) is 0. The van der Waals surface area contributed by atoms with Crippen LogP contribution in [0.3, 0.4) is 0 Å². The van der Waals surface area contributed by atoms with Crippen molar-refractivity contribution in [1.82, 2.24) is 0 Å². The smallest absolute Gasteiger partial charge is 0.0603 e. The predicted molar refractivity (Wildman–Crippen MR) is 133 cm³/mol. The highest BCUT2D eigenvalue weighted by Crippen LogP contribution is 2.40. The Morgan fingerprint density at radius 1 is 0.517 bits per heavy atom. The number of hydrogen-bond donors (Lipinski definition) is 0. The molecule has 0 rings (SSSR count). The van der Waals surface area contributed by atoms with E-state index in [1.807, 2.05) is 0 Å². The van der Waals surface area contributed by atoms with E-state index in [1.54, 1.807) is 0 Å². The summed E-state index contributed by atoms with van der Waals surface area (Å²) in [5.74, 6) is 0. The lowest BCUT2D eigenvalue weighted by Crippen LogP contribution is -2.35. The summed E-state index contributed by atoms with van der Waals surface area (Å²) in [6.07, 6.45) is 28.0. The third-order valence-electron chi connectivity index (χ3n) is 7.24. The third-order valence-corrected chi connectivity index (χ3v) is 7.24. The molecule has 0 bridgehead atoms. The largest absolute Gasteiger partial charge is 0.378 e. The van der Waals surface area contributed by atoms with Crippen LogP contribution in [0.15, 0.2) is 0 Å². The molecular weight excluding hydrogens is 352 g/mol. The first kappa shape index (κ1) is 29.0. The Morgan fingerprint density at radius 2 is 0.897 bits per heavy atom. The fourth-order valence-corrected chi connectivity index (χ4v) is 4.83. The summed E-state index contributed by atoms with van der Waals surface area (Å²) in [5, 5.41) is 0. The zero-order valence-electron chi connectivity index (χ0n) is 21.3. The van der Waals surface area contributed by atoms with Crippen LogP contribution >= 0.6 is 0 Å². The van der Waals surface area contributed by atoms with E-state index in [2.05, 4.69) is 34.6 Å². The van der Waals surface area contributed by atoms with E-state index in [0.29, 0.717) is 11.5 Å². The molecule has 1 heteroatoms. The summed E-state index contributed by atoms with van der Waals surface area (Å²) < 4.78 is 6.45. The molecule has 0 aliphatic rings. The lowest BCUT2D eigenvalue weighted by atomic mass is 9.72. The second-order valence-electron chi connectivity index (χ2n) is 9.68. The summed E-state index contributed by atoms with van der Waals surface area (Å²) in [4.78, 5) is 0. The Morgan fingerprint density at radius 3 is 1.31 bits per heavy atom. The Balaban J connectivity index is 4.46. The number of unbranched alkanes of at least 4 members (excludes halogenated alkanes) is 14. The summed E-state index contributed by atoms with van der Waals surface area (Å²) >= 11 is 0. The Bertz CT molecular complexity index is 313. The van der Waals surface area contributed by atoms with Crippen molar-refractivity contribution >= 4 is 0 Å². The molecule has 2 unspecified atom stereocenters. The maximum Gasteiger partial charge on any atom is 0.0603 e. The van der Waals surface area contributed by atoms with Crippen LogP contribution in [0.5, 0.6) is 0 Å². The highest BCUT2D eigenvalue weighted by molar-refractivity contribution is 4.84. The van der Waals surface area contributed by atoms with Crippen LogP contribution in [0.1, 0.15) is 163 Å². The maximum atomic E-state index is 6.45. The van der Waals surface area contributed by atoms with Gasteiger partial charge in [-0.05, 0) is 38.0 Å². The van der Waals surface area contributed by atoms with Gasteiger partial charge in [0.1, 0.15) is 0 Å². The molecule has 1 nitrogen and oxygen atoms in total. The van der Waals surface area contributed by atoms with E-state index >= 15 is 0 Å². The van der Waals surface area contributed by atoms with E-state index < -0.39 is 0 Å². The van der Waals surface area contributed by atoms with Crippen molar-refractivity contribution in [3.05, 3.63) is 0 Å². The molecule has 2 atom stereocenters. The standard InChI is InChI=1S/C28H58O/c1-6-10-13-16-18-20-22-25-28(9-4,24-21-19-17-14-11-7-2)27(5)29-26-23-15-12-8-3/h27H,6-26H2,1-5H3. The minimum Gasteiger partial charge on any atom is -0.378 e. The van der Waals surface area contributed by atoms with E-state index in [0.717, 1.165) is 6.61 Å². The molecule has 0 spiro atoms. The van der Waals surface area contributed by atoms with Crippen LogP contribution in [-0.4, -0.2) is 12.7 Å². The molecule has 0 radical (unpaired) electrons. The van der Waals surface area contributed by atoms with Gasteiger partial charge in [0, 0.05) is 6.61 Å². The van der Waals surface area contributed by atoms with E-state index in [9.17, 15) is 0 Å². The Hall–Kier alpha value is -0.0400. The zero-order chi connectivity index (χ0) is 21.6. The van der Waals surface area contributed by atoms with Gasteiger partial charge in [-0.1, -0.05) is 130 Å². The van der Waals surface area contributed by atoms with Crippen molar-refractivity contribution in [2.75, 3.05) is 6.61 Å². The highest BCUT2D eigenvalue weighted by atomic mass is 16.5. The maximum absolute atomic E-state index is 6.45. The lowest BCUT2D eigenvalue weighted by molar-refractivity contribution is -0.0451. The Labute approximate surface area is 186 Å². The number of rotatable bonds is 23. The summed E-state index contributed by atoms with van der Waals surface area (Å²) in [5.41, 5.74) is 0.416. The van der Waals surface area contributed by atoms with Gasteiger partial charge in [0.25, 0.3) is 0 Å². The van der Waals surface area contributed by atoms with Crippen molar-refractivity contribution in [3.8, 4) is 0 Å². The van der Waals surface area contributed by atoms with Gasteiger partial charge in [0.2, 0.25) is 0 Å². The van der Waals surface area contributed by atoms with Gasteiger partial charge in [-0.15, -0.1) is 0 Å². The van der Waals surface area contributed by atoms with Crippen LogP contribution in [-0.2, 0) is 4.74 Å². The molecular formula is C28H58O. The minimum absolute atomic E-state index is 0.416. The number of hydrogen-bond acceptors (Lipinski definition) is 1. The summed E-state index contributed by atoms with van der Waals surface area (Å²) in [6.45, 7) is 12.7. The average molecular weight is 411 g/mol. The normalized spacial score (nSPS) is 14.8. The second-order valence-corrected chi connectivity index (χ2v) is 9.68. The molecule has 29 heavy (non-hydrogen) atoms. The third kappa shape index (κ3) is 15.4. The van der Waals surface area contributed by atoms with Crippen LogP contribution in [0.25, 0.3) is 0 Å². The van der Waals surface area contributed by atoms with Crippen molar-refractivity contribution < 1.29 is 4.74 Å². The van der Waals surface area contributed by atoms with Crippen molar-refractivity contribution in [2.24, 2.45) is 5.41 Å². The molecule has 0 heterocycles. The summed E-state index contributed by atoms with van der Waals surface area (Å²) in [6, 6.07) is 0. The molecule has 0 N–H and O–H groups in total. The van der Waals surface area contributed by atoms with Crippen LogP contribution in [0.4, 0.5) is 0 Å². The Kier molecular flexibility index (Phi) is 21.2. The quantitative estimate of drug-likeness (QED) is 0.152. The second kappa shape index (κ2) is 21.2. The van der Waals surface area contributed by atoms with Gasteiger partial charge in [0.05, 0.1) is 6.10 Å². The van der Waals surface area contributed by atoms with Crippen LogP contribution in [0.2, 0.25) is 0 Å². The van der Waals surface area contributed by atoms with E-state index in [1.165, 1.54) is 128 Å².